The molecule has 0 spiro atoms. The van der Waals surface area contributed by atoms with Crippen LogP contribution < -0.4 is 5.32 Å². The summed E-state index contributed by atoms with van der Waals surface area (Å²) in [5.74, 6) is 0.911. The molecule has 1 aliphatic carbocycles. The summed E-state index contributed by atoms with van der Waals surface area (Å²) in [7, 11) is 4.34. The Hall–Kier alpha value is -0.870. The Morgan fingerprint density at radius 3 is 2.93 bits per heavy atom. The quantitative estimate of drug-likeness (QED) is 0.728. The van der Waals surface area contributed by atoms with Crippen LogP contribution in [-0.2, 0) is 6.54 Å². The second-order valence-corrected chi connectivity index (χ2v) is 4.58. The second-order valence-electron chi connectivity index (χ2n) is 4.58. The van der Waals surface area contributed by atoms with Crippen LogP contribution in [0.5, 0.6) is 0 Å². The highest BCUT2D eigenvalue weighted by atomic mass is 15.1. The van der Waals surface area contributed by atoms with Crippen LogP contribution in [0.25, 0.3) is 0 Å². The molecule has 1 aromatic rings. The summed E-state index contributed by atoms with van der Waals surface area (Å²) < 4.78 is 0. The summed E-state index contributed by atoms with van der Waals surface area (Å²) in [5.41, 5.74) is 1.16. The highest BCUT2D eigenvalue weighted by molar-refractivity contribution is 4.94. The molecule has 0 amide bonds. The first kappa shape index (κ1) is 10.6. The maximum atomic E-state index is 4.00. The van der Waals surface area contributed by atoms with Gasteiger partial charge < -0.3 is 15.2 Å². The van der Waals surface area contributed by atoms with Gasteiger partial charge in [-0.15, -0.1) is 0 Å². The Kier molecular flexibility index (Phi) is 3.38. The van der Waals surface area contributed by atoms with Crippen molar-refractivity contribution in [2.45, 2.75) is 25.4 Å². The molecule has 2 rings (SSSR count). The van der Waals surface area contributed by atoms with Crippen LogP contribution in [0.2, 0.25) is 0 Å². The minimum absolute atomic E-state index is 0.688. The summed E-state index contributed by atoms with van der Waals surface area (Å²) in [5, 5.41) is 3.48. The fourth-order valence-corrected chi connectivity index (χ4v) is 1.99. The van der Waals surface area contributed by atoms with Gasteiger partial charge in [0.1, 0.15) is 0 Å². The lowest BCUT2D eigenvalue weighted by molar-refractivity contribution is 0.255. The molecule has 0 aromatic carbocycles. The number of aromatic amines is 1. The van der Waals surface area contributed by atoms with Gasteiger partial charge in [-0.25, -0.2) is 4.98 Å². The van der Waals surface area contributed by atoms with E-state index < -0.39 is 0 Å². The highest BCUT2D eigenvalue weighted by Gasteiger charge is 2.31. The van der Waals surface area contributed by atoms with Gasteiger partial charge in [0.2, 0.25) is 0 Å². The number of nitrogens with one attached hydrogen (secondary N) is 2. The van der Waals surface area contributed by atoms with E-state index in [2.05, 4.69) is 34.3 Å². The normalized spacial score (nSPS) is 18.3. The van der Waals surface area contributed by atoms with Crippen LogP contribution in [0.4, 0.5) is 0 Å². The van der Waals surface area contributed by atoms with Crippen molar-refractivity contribution in [1.82, 2.24) is 20.2 Å². The van der Waals surface area contributed by atoms with E-state index in [-0.39, 0.29) is 0 Å². The fourth-order valence-electron chi connectivity index (χ4n) is 1.99. The minimum atomic E-state index is 0.688. The van der Waals surface area contributed by atoms with Crippen molar-refractivity contribution in [3.05, 3.63) is 18.2 Å². The van der Waals surface area contributed by atoms with Gasteiger partial charge in [0, 0.05) is 31.0 Å². The summed E-state index contributed by atoms with van der Waals surface area (Å²) >= 11 is 0. The monoisotopic (exact) mass is 208 g/mol. The molecule has 1 aromatic heterocycles. The molecule has 0 aliphatic heterocycles. The van der Waals surface area contributed by atoms with Gasteiger partial charge in [-0.3, -0.25) is 0 Å². The number of nitrogens with zero attached hydrogens (tertiary/aromatic N) is 2. The zero-order valence-corrected chi connectivity index (χ0v) is 9.53. The molecule has 15 heavy (non-hydrogen) atoms. The Labute approximate surface area is 91.1 Å². The van der Waals surface area contributed by atoms with E-state index in [1.165, 1.54) is 12.8 Å². The van der Waals surface area contributed by atoms with Crippen LogP contribution in [0.3, 0.4) is 0 Å². The largest absolute Gasteiger partial charge is 0.347 e. The standard InChI is InChI=1S/C11H20N4/c1-15(2)11(9-3-4-9)7-12-5-10-6-13-8-14-10/h6,8-9,11-12H,3-5,7H2,1-2H3,(H,13,14). The van der Waals surface area contributed by atoms with Crippen molar-refractivity contribution in [3.8, 4) is 0 Å². The number of H-pyrrole nitrogens is 1. The molecule has 0 radical (unpaired) electrons. The number of likely N-dealkylation sites (N-methyl/N-ethyl adjacent to an activating group) is 1. The molecule has 1 heterocycles. The number of rotatable bonds is 6. The van der Waals surface area contributed by atoms with Gasteiger partial charge in [-0.05, 0) is 32.9 Å². The Morgan fingerprint density at radius 2 is 2.40 bits per heavy atom. The van der Waals surface area contributed by atoms with Crippen molar-refractivity contribution in [2.75, 3.05) is 20.6 Å². The lowest BCUT2D eigenvalue weighted by atomic mass is 10.1. The number of hydrogen-bond donors (Lipinski definition) is 2. The van der Waals surface area contributed by atoms with Crippen LogP contribution >= 0.6 is 0 Å². The highest BCUT2D eigenvalue weighted by Crippen LogP contribution is 2.34. The van der Waals surface area contributed by atoms with E-state index in [1.807, 2.05) is 6.20 Å². The molecule has 1 saturated carbocycles. The van der Waals surface area contributed by atoms with Gasteiger partial charge in [0.25, 0.3) is 0 Å². The van der Waals surface area contributed by atoms with Crippen molar-refractivity contribution in [3.63, 3.8) is 0 Å². The van der Waals surface area contributed by atoms with Gasteiger partial charge in [-0.2, -0.15) is 0 Å². The molecule has 4 nitrogen and oxygen atoms in total. The van der Waals surface area contributed by atoms with Crippen LogP contribution in [0.15, 0.2) is 12.5 Å². The second kappa shape index (κ2) is 4.77. The Balaban J connectivity index is 1.71. The summed E-state index contributed by atoms with van der Waals surface area (Å²) in [6.45, 7) is 1.95. The fraction of sp³-hybridized carbons (Fsp3) is 0.727. The zero-order valence-electron chi connectivity index (χ0n) is 9.53. The molecule has 1 unspecified atom stereocenters. The molecule has 4 heteroatoms. The van der Waals surface area contributed by atoms with E-state index in [1.54, 1.807) is 6.33 Å². The molecular formula is C11H20N4. The average molecular weight is 208 g/mol. The molecule has 84 valence electrons. The maximum Gasteiger partial charge on any atom is 0.0922 e. The SMILES string of the molecule is CN(C)C(CNCc1cnc[nH]1)C1CC1. The van der Waals surface area contributed by atoms with E-state index in [0.29, 0.717) is 6.04 Å². The zero-order chi connectivity index (χ0) is 10.7. The summed E-state index contributed by atoms with van der Waals surface area (Å²) in [4.78, 5) is 9.43. The number of imidazole rings is 1. The Bertz CT molecular complexity index is 275. The van der Waals surface area contributed by atoms with E-state index >= 15 is 0 Å². The van der Waals surface area contributed by atoms with E-state index in [0.717, 1.165) is 24.7 Å². The summed E-state index contributed by atoms with van der Waals surface area (Å²) in [6.07, 6.45) is 6.39. The van der Waals surface area contributed by atoms with Crippen molar-refractivity contribution in [2.24, 2.45) is 5.92 Å². The van der Waals surface area contributed by atoms with Crippen LogP contribution in [0.1, 0.15) is 18.5 Å². The van der Waals surface area contributed by atoms with Gasteiger partial charge >= 0.3 is 0 Å². The van der Waals surface area contributed by atoms with Crippen LogP contribution in [-0.4, -0.2) is 41.5 Å². The van der Waals surface area contributed by atoms with Crippen LogP contribution in [0, 0.1) is 5.92 Å². The van der Waals surface area contributed by atoms with Crippen molar-refractivity contribution >= 4 is 0 Å². The molecule has 1 aliphatic rings. The third kappa shape index (κ3) is 3.04. The van der Waals surface area contributed by atoms with Gasteiger partial charge in [0.05, 0.1) is 6.33 Å². The molecule has 1 atom stereocenters. The first-order chi connectivity index (χ1) is 7.27. The lowest BCUT2D eigenvalue weighted by Gasteiger charge is -2.24. The number of hydrogen-bond acceptors (Lipinski definition) is 3. The van der Waals surface area contributed by atoms with Crippen molar-refractivity contribution < 1.29 is 0 Å². The predicted octanol–water partition coefficient (Wildman–Crippen LogP) is 0.839. The summed E-state index contributed by atoms with van der Waals surface area (Å²) in [6, 6.07) is 0.688. The average Bonchev–Trinajstić information content (AvgIpc) is 2.89. The molecule has 0 bridgehead atoms. The third-order valence-electron chi connectivity index (χ3n) is 3.05. The van der Waals surface area contributed by atoms with E-state index in [9.17, 15) is 0 Å². The van der Waals surface area contributed by atoms with E-state index in [4.69, 9.17) is 0 Å². The smallest absolute Gasteiger partial charge is 0.0922 e. The first-order valence-corrected chi connectivity index (χ1v) is 5.62. The molecule has 0 saturated heterocycles. The molecule has 2 N–H and O–H groups in total. The van der Waals surface area contributed by atoms with Gasteiger partial charge in [-0.1, -0.05) is 0 Å². The Morgan fingerprint density at radius 1 is 1.60 bits per heavy atom. The third-order valence-corrected chi connectivity index (χ3v) is 3.05. The van der Waals surface area contributed by atoms with Crippen molar-refractivity contribution in [1.29, 1.82) is 0 Å². The topological polar surface area (TPSA) is 44.0 Å². The predicted molar refractivity (Wildman–Crippen MR) is 60.5 cm³/mol. The van der Waals surface area contributed by atoms with Gasteiger partial charge in [0.15, 0.2) is 0 Å². The first-order valence-electron chi connectivity index (χ1n) is 5.62. The minimum Gasteiger partial charge on any atom is -0.347 e. The molecular weight excluding hydrogens is 188 g/mol. The maximum absolute atomic E-state index is 4.00. The lowest BCUT2D eigenvalue weighted by Crippen LogP contribution is -2.39. The molecule has 1 fully saturated rings. The number of aromatic nitrogens is 2.